The molecule has 2 N–H and O–H groups in total. The highest BCUT2D eigenvalue weighted by Crippen LogP contribution is 2.24. The van der Waals surface area contributed by atoms with E-state index in [1.165, 1.54) is 6.07 Å². The molecule has 0 aliphatic heterocycles. The highest BCUT2D eigenvalue weighted by Gasteiger charge is 2.24. The number of rotatable bonds is 5. The topological polar surface area (TPSA) is 67.4 Å². The average molecular weight is 334 g/mol. The van der Waals surface area contributed by atoms with Crippen LogP contribution in [0.3, 0.4) is 0 Å². The zero-order valence-electron chi connectivity index (χ0n) is 12.9. The molecule has 2 aromatic carbocycles. The van der Waals surface area contributed by atoms with E-state index in [9.17, 15) is 18.4 Å². The molecule has 0 spiro atoms. The molecule has 0 fully saturated rings. The normalized spacial score (nSPS) is 11.5. The van der Waals surface area contributed by atoms with Gasteiger partial charge in [0.25, 0.3) is 5.91 Å². The van der Waals surface area contributed by atoms with E-state index in [0.717, 1.165) is 12.1 Å². The van der Waals surface area contributed by atoms with Crippen LogP contribution < -0.4 is 15.4 Å². The lowest BCUT2D eigenvalue weighted by molar-refractivity contribution is -0.127. The van der Waals surface area contributed by atoms with Gasteiger partial charge in [0.1, 0.15) is 5.75 Å². The minimum absolute atomic E-state index is 0.0335. The van der Waals surface area contributed by atoms with E-state index in [2.05, 4.69) is 10.6 Å². The molecule has 0 saturated carbocycles. The van der Waals surface area contributed by atoms with Crippen LogP contribution in [0.25, 0.3) is 0 Å². The lowest BCUT2D eigenvalue weighted by Crippen LogP contribution is -2.42. The van der Waals surface area contributed by atoms with Crippen molar-refractivity contribution < 1.29 is 23.1 Å². The predicted octanol–water partition coefficient (Wildman–Crippen LogP) is 2.93. The van der Waals surface area contributed by atoms with Crippen molar-refractivity contribution in [3.05, 3.63) is 65.7 Å². The van der Waals surface area contributed by atoms with Gasteiger partial charge in [-0.2, -0.15) is 0 Å². The summed E-state index contributed by atoms with van der Waals surface area (Å²) in [6, 6.07) is 10.7. The molecule has 2 rings (SSSR count). The van der Waals surface area contributed by atoms with Crippen LogP contribution in [0.1, 0.15) is 18.6 Å². The Hall–Kier alpha value is -2.96. The van der Waals surface area contributed by atoms with Gasteiger partial charge >= 0.3 is 6.03 Å². The predicted molar refractivity (Wildman–Crippen MR) is 83.4 cm³/mol. The number of urea groups is 1. The van der Waals surface area contributed by atoms with Crippen molar-refractivity contribution >= 4 is 11.9 Å². The maximum absolute atomic E-state index is 13.3. The first-order valence-corrected chi connectivity index (χ1v) is 7.26. The molecule has 1 atom stereocenters. The molecule has 0 heterocycles. The van der Waals surface area contributed by atoms with E-state index >= 15 is 0 Å². The van der Waals surface area contributed by atoms with Crippen LogP contribution in [0.4, 0.5) is 13.6 Å². The third-order valence-electron chi connectivity index (χ3n) is 3.06. The number of amides is 3. The van der Waals surface area contributed by atoms with Gasteiger partial charge in [-0.15, -0.1) is 0 Å². The molecule has 0 radical (unpaired) electrons. The van der Waals surface area contributed by atoms with Gasteiger partial charge in [0.2, 0.25) is 6.10 Å². The van der Waals surface area contributed by atoms with Crippen LogP contribution in [0, 0.1) is 11.6 Å². The number of imide groups is 1. The second-order valence-corrected chi connectivity index (χ2v) is 4.83. The molecule has 7 heteroatoms. The van der Waals surface area contributed by atoms with Crippen molar-refractivity contribution in [2.24, 2.45) is 0 Å². The Labute approximate surface area is 137 Å². The summed E-state index contributed by atoms with van der Waals surface area (Å²) in [7, 11) is 0. The molecule has 24 heavy (non-hydrogen) atoms. The summed E-state index contributed by atoms with van der Waals surface area (Å²) in [6.07, 6.45) is -1.20. The molecule has 5 nitrogen and oxygen atoms in total. The molecular weight excluding hydrogens is 318 g/mol. The standard InChI is InChI=1S/C17H16F2N2O3/c1-2-20-17(23)21-16(22)15(11-6-4-3-5-7-11)24-12-8-9-13(18)14(19)10-12/h3-10,15H,2H2,1H3,(H2,20,21,22,23)/t15-/m0/s1. The fourth-order valence-electron chi connectivity index (χ4n) is 1.97. The van der Waals surface area contributed by atoms with Crippen LogP contribution in [0.2, 0.25) is 0 Å². The Morgan fingerprint density at radius 1 is 1.08 bits per heavy atom. The van der Waals surface area contributed by atoms with Crippen LogP contribution in [-0.4, -0.2) is 18.5 Å². The molecular formula is C17H16F2N2O3. The summed E-state index contributed by atoms with van der Waals surface area (Å²) in [4.78, 5) is 23.9. The molecule has 0 unspecified atom stereocenters. The number of benzene rings is 2. The number of carbonyl (C=O) groups is 2. The first kappa shape index (κ1) is 17.4. The first-order chi connectivity index (χ1) is 11.5. The van der Waals surface area contributed by atoms with Crippen molar-refractivity contribution in [2.45, 2.75) is 13.0 Å². The largest absolute Gasteiger partial charge is 0.476 e. The summed E-state index contributed by atoms with van der Waals surface area (Å²) >= 11 is 0. The number of nitrogens with one attached hydrogen (secondary N) is 2. The van der Waals surface area contributed by atoms with Gasteiger partial charge in [-0.25, -0.2) is 13.6 Å². The van der Waals surface area contributed by atoms with Crippen molar-refractivity contribution in [3.8, 4) is 5.75 Å². The van der Waals surface area contributed by atoms with Crippen molar-refractivity contribution in [1.29, 1.82) is 0 Å². The second-order valence-electron chi connectivity index (χ2n) is 4.83. The average Bonchev–Trinajstić information content (AvgIpc) is 2.56. The molecule has 2 aromatic rings. The minimum atomic E-state index is -1.20. The van der Waals surface area contributed by atoms with E-state index < -0.39 is 29.7 Å². The zero-order chi connectivity index (χ0) is 17.5. The van der Waals surface area contributed by atoms with E-state index in [1.54, 1.807) is 37.3 Å². The smallest absolute Gasteiger partial charge is 0.321 e. The lowest BCUT2D eigenvalue weighted by atomic mass is 10.1. The quantitative estimate of drug-likeness (QED) is 0.883. The van der Waals surface area contributed by atoms with Gasteiger partial charge in [0, 0.05) is 18.2 Å². The summed E-state index contributed by atoms with van der Waals surface area (Å²) in [5.41, 5.74) is 0.462. The van der Waals surface area contributed by atoms with E-state index in [0.29, 0.717) is 12.1 Å². The molecule has 0 aromatic heterocycles. The third-order valence-corrected chi connectivity index (χ3v) is 3.06. The molecule has 0 bridgehead atoms. The van der Waals surface area contributed by atoms with Crippen molar-refractivity contribution in [2.75, 3.05) is 6.54 Å². The van der Waals surface area contributed by atoms with E-state index in [-0.39, 0.29) is 5.75 Å². The molecule has 126 valence electrons. The van der Waals surface area contributed by atoms with Crippen molar-refractivity contribution in [3.63, 3.8) is 0 Å². The molecule has 3 amide bonds. The number of hydrogen-bond acceptors (Lipinski definition) is 3. The Kier molecular flexibility index (Phi) is 5.83. The Balaban J connectivity index is 2.24. The Morgan fingerprint density at radius 2 is 1.79 bits per heavy atom. The molecule has 0 aliphatic carbocycles. The van der Waals surface area contributed by atoms with Crippen LogP contribution in [-0.2, 0) is 4.79 Å². The van der Waals surface area contributed by atoms with E-state index in [4.69, 9.17) is 4.74 Å². The Morgan fingerprint density at radius 3 is 2.42 bits per heavy atom. The summed E-state index contributed by atoms with van der Waals surface area (Å²) < 4.78 is 31.8. The van der Waals surface area contributed by atoms with Crippen molar-refractivity contribution in [1.82, 2.24) is 10.6 Å². The van der Waals surface area contributed by atoms with Gasteiger partial charge < -0.3 is 10.1 Å². The maximum atomic E-state index is 13.3. The number of carbonyl (C=O) groups excluding carboxylic acids is 2. The van der Waals surface area contributed by atoms with Crippen LogP contribution in [0.15, 0.2) is 48.5 Å². The Bertz CT molecular complexity index is 723. The van der Waals surface area contributed by atoms with Crippen LogP contribution in [0.5, 0.6) is 5.75 Å². The van der Waals surface area contributed by atoms with Gasteiger partial charge in [0.05, 0.1) is 0 Å². The molecule has 0 saturated heterocycles. The number of halogens is 2. The molecule has 0 aliphatic rings. The first-order valence-electron chi connectivity index (χ1n) is 7.26. The highest BCUT2D eigenvalue weighted by atomic mass is 19.2. The summed E-state index contributed by atoms with van der Waals surface area (Å²) in [5.74, 6) is -2.88. The fourth-order valence-corrected chi connectivity index (χ4v) is 1.97. The third kappa shape index (κ3) is 4.52. The fraction of sp³-hybridized carbons (Fsp3) is 0.176. The second kappa shape index (κ2) is 8.05. The highest BCUT2D eigenvalue weighted by molar-refractivity contribution is 5.97. The van der Waals surface area contributed by atoms with Gasteiger partial charge in [-0.3, -0.25) is 10.1 Å². The van der Waals surface area contributed by atoms with Gasteiger partial charge in [0.15, 0.2) is 11.6 Å². The summed E-state index contributed by atoms with van der Waals surface area (Å²) in [6.45, 7) is 2.05. The lowest BCUT2D eigenvalue weighted by Gasteiger charge is -2.19. The van der Waals surface area contributed by atoms with Crippen LogP contribution >= 0.6 is 0 Å². The van der Waals surface area contributed by atoms with Gasteiger partial charge in [-0.05, 0) is 19.1 Å². The maximum Gasteiger partial charge on any atom is 0.321 e. The monoisotopic (exact) mass is 334 g/mol. The van der Waals surface area contributed by atoms with E-state index in [1.807, 2.05) is 0 Å². The number of ether oxygens (including phenoxy) is 1. The van der Waals surface area contributed by atoms with Gasteiger partial charge in [-0.1, -0.05) is 30.3 Å². The number of hydrogen-bond donors (Lipinski definition) is 2. The summed E-state index contributed by atoms with van der Waals surface area (Å²) in [5, 5.41) is 4.57. The zero-order valence-corrected chi connectivity index (χ0v) is 12.9. The SMILES string of the molecule is CCNC(=O)NC(=O)[C@@H](Oc1ccc(F)c(F)c1)c1ccccc1. The minimum Gasteiger partial charge on any atom is -0.476 e.